The van der Waals surface area contributed by atoms with Gasteiger partial charge in [-0.05, 0) is 36.6 Å². The molecule has 8 heteroatoms. The molecule has 1 aromatic carbocycles. The molecule has 1 amide bonds. The molecule has 124 valence electrons. The van der Waals surface area contributed by atoms with Gasteiger partial charge in [0.15, 0.2) is 9.84 Å². The number of hydrogen-bond donors (Lipinski definition) is 3. The Labute approximate surface area is 130 Å². The van der Waals surface area contributed by atoms with Crippen molar-refractivity contribution in [2.45, 2.75) is 30.5 Å². The molecule has 0 aliphatic rings. The fourth-order valence-electron chi connectivity index (χ4n) is 1.92. The summed E-state index contributed by atoms with van der Waals surface area (Å²) in [6, 6.07) is 6.07. The zero-order valence-electron chi connectivity index (χ0n) is 12.9. The smallest absolute Gasteiger partial charge is 0.257 e. The molecule has 0 bridgehead atoms. The first-order valence-electron chi connectivity index (χ1n) is 6.85. The van der Waals surface area contributed by atoms with Crippen molar-refractivity contribution in [3.8, 4) is 5.75 Å². The molecule has 1 aromatic rings. The van der Waals surface area contributed by atoms with E-state index >= 15 is 0 Å². The van der Waals surface area contributed by atoms with Gasteiger partial charge in [-0.3, -0.25) is 15.3 Å². The second-order valence-corrected chi connectivity index (χ2v) is 7.39. The van der Waals surface area contributed by atoms with Gasteiger partial charge in [0.1, 0.15) is 11.1 Å². The number of amides is 1. The van der Waals surface area contributed by atoms with E-state index < -0.39 is 21.1 Å². The van der Waals surface area contributed by atoms with E-state index in [9.17, 15) is 13.2 Å². The first-order valence-corrected chi connectivity index (χ1v) is 8.40. The lowest BCUT2D eigenvalue weighted by Gasteiger charge is -2.20. The number of methoxy groups -OCH3 is 1. The summed E-state index contributed by atoms with van der Waals surface area (Å²) in [6.07, 6.45) is 0.340. The summed E-state index contributed by atoms with van der Waals surface area (Å²) in [7, 11) is -2.15. The highest BCUT2D eigenvalue weighted by molar-refractivity contribution is 7.92. The van der Waals surface area contributed by atoms with Crippen LogP contribution in [-0.4, -0.2) is 38.6 Å². The van der Waals surface area contributed by atoms with Crippen LogP contribution in [0.1, 0.15) is 20.3 Å². The van der Waals surface area contributed by atoms with Crippen LogP contribution >= 0.6 is 0 Å². The van der Waals surface area contributed by atoms with Crippen LogP contribution in [0.5, 0.6) is 5.75 Å². The maximum Gasteiger partial charge on any atom is 0.257 e. The van der Waals surface area contributed by atoms with E-state index in [2.05, 4.69) is 5.32 Å². The maximum atomic E-state index is 12.7. The molecule has 0 aromatic heterocycles. The van der Waals surface area contributed by atoms with E-state index in [0.717, 1.165) is 0 Å². The summed E-state index contributed by atoms with van der Waals surface area (Å²) in [5.74, 6) is -0.0200. The van der Waals surface area contributed by atoms with Crippen molar-refractivity contribution < 1.29 is 23.2 Å². The molecule has 3 N–H and O–H groups in total. The summed E-state index contributed by atoms with van der Waals surface area (Å²) in [4.78, 5) is 11.3. The lowest BCUT2D eigenvalue weighted by atomic mass is 10.1. The van der Waals surface area contributed by atoms with Crippen LogP contribution in [0.3, 0.4) is 0 Å². The largest absolute Gasteiger partial charge is 0.497 e. The number of hydroxylamine groups is 1. The van der Waals surface area contributed by atoms with Crippen molar-refractivity contribution in [2.75, 3.05) is 13.7 Å². The lowest BCUT2D eigenvalue weighted by molar-refractivity contribution is -0.128. The molecule has 1 atom stereocenters. The van der Waals surface area contributed by atoms with Crippen LogP contribution in [0.2, 0.25) is 0 Å². The first kappa shape index (κ1) is 18.4. The summed E-state index contributed by atoms with van der Waals surface area (Å²) < 4.78 is 30.4. The number of hydrogen-bond acceptors (Lipinski definition) is 6. The lowest BCUT2D eigenvalue weighted by Crippen LogP contribution is -2.43. The molecule has 0 saturated heterocycles. The zero-order valence-corrected chi connectivity index (χ0v) is 13.7. The average Bonchev–Trinajstić information content (AvgIpc) is 2.50. The highest BCUT2D eigenvalue weighted by atomic mass is 32.2. The van der Waals surface area contributed by atoms with Crippen molar-refractivity contribution >= 4 is 15.7 Å². The third kappa shape index (κ3) is 4.97. The minimum Gasteiger partial charge on any atom is -0.497 e. The Morgan fingerprint density at radius 2 is 1.86 bits per heavy atom. The van der Waals surface area contributed by atoms with Gasteiger partial charge in [-0.2, -0.15) is 0 Å². The molecule has 22 heavy (non-hydrogen) atoms. The van der Waals surface area contributed by atoms with Gasteiger partial charge < -0.3 is 4.74 Å². The van der Waals surface area contributed by atoms with Crippen LogP contribution in [-0.2, 0) is 14.6 Å². The first-order chi connectivity index (χ1) is 10.3. The second kappa shape index (κ2) is 8.11. The van der Waals surface area contributed by atoms with E-state index in [1.807, 2.05) is 13.8 Å². The van der Waals surface area contributed by atoms with Crippen LogP contribution in [0.15, 0.2) is 29.2 Å². The minimum atomic E-state index is -3.65. The fraction of sp³-hybridized carbons (Fsp3) is 0.500. The van der Waals surface area contributed by atoms with Gasteiger partial charge in [0, 0.05) is 0 Å². The van der Waals surface area contributed by atoms with E-state index in [-0.39, 0.29) is 17.4 Å². The maximum absolute atomic E-state index is 12.7. The monoisotopic (exact) mass is 330 g/mol. The van der Waals surface area contributed by atoms with Crippen LogP contribution < -0.4 is 15.5 Å². The zero-order chi connectivity index (χ0) is 16.8. The Bertz CT molecular complexity index is 584. The molecule has 0 spiro atoms. The van der Waals surface area contributed by atoms with Crippen LogP contribution in [0, 0.1) is 5.92 Å². The number of carbonyl (C=O) groups excluding carboxylic acids is 1. The van der Waals surface area contributed by atoms with E-state index in [1.54, 1.807) is 12.1 Å². The normalized spacial score (nSPS) is 13.0. The molecule has 0 aliphatic carbocycles. The molecular formula is C14H22N2O5S. The van der Waals surface area contributed by atoms with Crippen molar-refractivity contribution in [3.63, 3.8) is 0 Å². The Kier molecular flexibility index (Phi) is 6.79. The SMILES string of the molecule is COc1ccc(S(=O)(=O)C(CC(C)C)NCC(=O)NO)cc1. The van der Waals surface area contributed by atoms with Crippen LogP contribution in [0.25, 0.3) is 0 Å². The predicted octanol–water partition coefficient (Wildman–Crippen LogP) is 0.936. The summed E-state index contributed by atoms with van der Waals surface area (Å²) in [5, 5.41) is 10.3. The molecule has 1 rings (SSSR count). The molecule has 7 nitrogen and oxygen atoms in total. The van der Waals surface area contributed by atoms with Crippen molar-refractivity contribution in [3.05, 3.63) is 24.3 Å². The number of nitrogens with one attached hydrogen (secondary N) is 2. The van der Waals surface area contributed by atoms with Gasteiger partial charge in [0.2, 0.25) is 0 Å². The summed E-state index contributed by atoms with van der Waals surface area (Å²) in [6.45, 7) is 3.50. The second-order valence-electron chi connectivity index (χ2n) is 5.25. The van der Waals surface area contributed by atoms with E-state index in [4.69, 9.17) is 9.94 Å². The number of ether oxygens (including phenoxy) is 1. The predicted molar refractivity (Wildman–Crippen MR) is 81.4 cm³/mol. The average molecular weight is 330 g/mol. The van der Waals surface area contributed by atoms with Gasteiger partial charge in [-0.1, -0.05) is 13.8 Å². The third-order valence-corrected chi connectivity index (χ3v) is 5.10. The van der Waals surface area contributed by atoms with Crippen molar-refractivity contribution in [1.82, 2.24) is 10.8 Å². The topological polar surface area (TPSA) is 105 Å². The number of rotatable bonds is 8. The highest BCUT2D eigenvalue weighted by Crippen LogP contribution is 2.22. The summed E-state index contributed by atoms with van der Waals surface area (Å²) >= 11 is 0. The molecule has 0 aliphatic heterocycles. The Morgan fingerprint density at radius 1 is 1.27 bits per heavy atom. The van der Waals surface area contributed by atoms with Crippen LogP contribution in [0.4, 0.5) is 0 Å². The van der Waals surface area contributed by atoms with E-state index in [1.165, 1.54) is 24.7 Å². The Morgan fingerprint density at radius 3 is 2.32 bits per heavy atom. The highest BCUT2D eigenvalue weighted by Gasteiger charge is 2.28. The van der Waals surface area contributed by atoms with Crippen molar-refractivity contribution in [2.24, 2.45) is 5.92 Å². The Balaban J connectivity index is 3.00. The third-order valence-electron chi connectivity index (χ3n) is 3.06. The van der Waals surface area contributed by atoms with Gasteiger partial charge >= 0.3 is 0 Å². The van der Waals surface area contributed by atoms with Gasteiger partial charge in [-0.15, -0.1) is 0 Å². The van der Waals surface area contributed by atoms with Gasteiger partial charge in [0.05, 0.1) is 18.6 Å². The van der Waals surface area contributed by atoms with Gasteiger partial charge in [0.25, 0.3) is 5.91 Å². The molecule has 1 unspecified atom stereocenters. The number of sulfone groups is 1. The molecule has 0 radical (unpaired) electrons. The van der Waals surface area contributed by atoms with Crippen molar-refractivity contribution in [1.29, 1.82) is 0 Å². The molecule has 0 fully saturated rings. The molecular weight excluding hydrogens is 308 g/mol. The van der Waals surface area contributed by atoms with Gasteiger partial charge in [-0.25, -0.2) is 13.9 Å². The summed E-state index contributed by atoms with van der Waals surface area (Å²) in [5.41, 5.74) is 1.47. The quantitative estimate of drug-likeness (QED) is 0.484. The molecule has 0 heterocycles. The number of carbonyl (C=O) groups is 1. The van der Waals surface area contributed by atoms with E-state index in [0.29, 0.717) is 12.2 Å². The molecule has 0 saturated carbocycles. The Hall–Kier alpha value is -1.64. The minimum absolute atomic E-state index is 0.114. The fourth-order valence-corrected chi connectivity index (χ4v) is 3.71. The standard InChI is InChI=1S/C14H22N2O5S/c1-10(2)8-14(15-9-13(17)16-18)22(19,20)12-6-4-11(21-3)5-7-12/h4-7,10,14-15,18H,8-9H2,1-3H3,(H,16,17). The number of benzene rings is 1.